The molecule has 4 unspecified atom stereocenters. The number of hydrogen-bond donors (Lipinski definition) is 6. The van der Waals surface area contributed by atoms with E-state index in [4.69, 9.17) is 40.7 Å². The van der Waals surface area contributed by atoms with Gasteiger partial charge in [-0.25, -0.2) is 8.78 Å². The molecule has 4 aromatic rings. The monoisotopic (exact) mass is 1210 g/mol. The van der Waals surface area contributed by atoms with Crippen LogP contribution in [-0.2, 0) is 38.1 Å². The molecular formula is C58H67F2IN4O14. The second-order valence-electron chi connectivity index (χ2n) is 18.4. The molecule has 2 saturated heterocycles. The van der Waals surface area contributed by atoms with Crippen LogP contribution in [0.4, 0.5) is 8.78 Å². The molecule has 6 N–H and O–H groups in total. The maximum absolute atomic E-state index is 14.2. The first-order valence-corrected chi connectivity index (χ1v) is 26.2. The number of rotatable bonds is 18. The van der Waals surface area contributed by atoms with Crippen LogP contribution >= 0.6 is 22.6 Å². The third kappa shape index (κ3) is 17.5. The molecule has 2 heterocycles. The van der Waals surface area contributed by atoms with Crippen molar-refractivity contribution in [2.75, 3.05) is 67.8 Å². The van der Waals surface area contributed by atoms with E-state index in [1.165, 1.54) is 83.3 Å². The van der Waals surface area contributed by atoms with Gasteiger partial charge in [0.05, 0.1) is 13.2 Å². The normalized spacial score (nSPS) is 17.0. The summed E-state index contributed by atoms with van der Waals surface area (Å²) in [4.78, 5) is 79.8. The summed E-state index contributed by atoms with van der Waals surface area (Å²) in [5, 5.41) is 41.3. The number of likely N-dealkylation sites (N-methyl/N-ethyl adjacent to an activating group) is 4. The zero-order chi connectivity index (χ0) is 58.5. The maximum atomic E-state index is 14.2. The summed E-state index contributed by atoms with van der Waals surface area (Å²) < 4.78 is 50.3. The molecule has 0 aliphatic carbocycles. The summed E-state index contributed by atoms with van der Waals surface area (Å²) in [7, 11) is 5.65. The third-order valence-electron chi connectivity index (χ3n) is 13.3. The number of nitrogens with one attached hydrogen (secondary N) is 2. The summed E-state index contributed by atoms with van der Waals surface area (Å²) in [5.41, 5.74) is -1.53. The Balaban J connectivity index is 0.000000289. The predicted octanol–water partition coefficient (Wildman–Crippen LogP) is 4.75. The Labute approximate surface area is 472 Å². The number of halogens is 3. The summed E-state index contributed by atoms with van der Waals surface area (Å²) in [5.74, 6) is 3.39. The number of benzene rings is 4. The number of carbonyl (C=O) groups is 6. The largest absolute Gasteiger partial charge is 0.393 e. The first kappa shape index (κ1) is 65.0. The van der Waals surface area contributed by atoms with E-state index in [1.54, 1.807) is 36.4 Å². The molecule has 21 heteroatoms. The molecular weight excluding hydrogens is 1140 g/mol. The Morgan fingerprint density at radius 1 is 0.658 bits per heavy atom. The van der Waals surface area contributed by atoms with Crippen LogP contribution in [0.1, 0.15) is 113 Å². The van der Waals surface area contributed by atoms with Crippen LogP contribution in [0.5, 0.6) is 0 Å². The van der Waals surface area contributed by atoms with E-state index < -0.39 is 95.9 Å². The van der Waals surface area contributed by atoms with Crippen LogP contribution in [-0.4, -0.2) is 157 Å². The highest BCUT2D eigenvalue weighted by Crippen LogP contribution is 2.25. The first-order valence-electron chi connectivity index (χ1n) is 25.2. The van der Waals surface area contributed by atoms with Crippen molar-refractivity contribution >= 4 is 57.8 Å². The molecule has 0 aromatic heterocycles. The van der Waals surface area contributed by atoms with Crippen molar-refractivity contribution in [1.82, 2.24) is 20.4 Å². The standard InChI is InChI=1S/C29H33FN2O7.C19H25IN2O5.C10H9FO2/c1-29(28(37)31-2,25(35)18-39-26-6-4-5-15-38-26)32(3)27(36)21-12-9-19(10-13-21)7-8-20-11-14-22(23(30)16-20)24(34)17-33;1-19(18(25)21-2,15(23)12-27-16-6-4-5-11-26-16)22(3)17(24)13-7-9-14(20)10-8-13;1-2-7-3-4-8(9(11)5-7)10(13)6-12/h9-14,16,24,26,33-34H,4-6,15,17-18H2,1-3H3,(H,31,37);7-10,16H,4-6,11-12H2,1-3H3,(H,21,25);1,3-5,10,12-13H,6H2/t24?,26?,29-;16?,19-;/m11./s1. The van der Waals surface area contributed by atoms with Crippen molar-refractivity contribution in [3.63, 3.8) is 0 Å². The molecule has 0 radical (unpaired) electrons. The van der Waals surface area contributed by atoms with E-state index in [-0.39, 0.29) is 29.9 Å². The minimum Gasteiger partial charge on any atom is -0.393 e. The van der Waals surface area contributed by atoms with E-state index >= 15 is 0 Å². The molecule has 2 aliphatic heterocycles. The maximum Gasteiger partial charge on any atom is 0.254 e. The van der Waals surface area contributed by atoms with Gasteiger partial charge in [-0.1, -0.05) is 29.9 Å². The van der Waals surface area contributed by atoms with Gasteiger partial charge in [0.1, 0.15) is 37.1 Å². The zero-order valence-corrected chi connectivity index (χ0v) is 47.0. The van der Waals surface area contributed by atoms with E-state index in [2.05, 4.69) is 51.0 Å². The molecule has 18 nitrogen and oxygen atoms in total. The lowest BCUT2D eigenvalue weighted by Crippen LogP contribution is -2.62. The highest BCUT2D eigenvalue weighted by atomic mass is 127. The van der Waals surface area contributed by atoms with Gasteiger partial charge in [0.25, 0.3) is 23.6 Å². The Bertz CT molecular complexity index is 2850. The number of terminal acetylenes is 1. The second kappa shape index (κ2) is 31.3. The lowest BCUT2D eigenvalue weighted by molar-refractivity contribution is -0.174. The van der Waals surface area contributed by atoms with Crippen LogP contribution < -0.4 is 10.6 Å². The van der Waals surface area contributed by atoms with Crippen LogP contribution in [0, 0.1) is 39.4 Å². The minimum atomic E-state index is -1.82. The molecule has 2 aliphatic rings. The van der Waals surface area contributed by atoms with Gasteiger partial charge in [0.15, 0.2) is 35.2 Å². The van der Waals surface area contributed by atoms with Crippen molar-refractivity contribution in [1.29, 1.82) is 0 Å². The molecule has 2 fully saturated rings. The number of ketones is 2. The molecule has 4 aromatic carbocycles. The average molecular weight is 1210 g/mol. The number of nitrogens with zero attached hydrogens (tertiary/aromatic N) is 2. The van der Waals surface area contributed by atoms with E-state index in [0.717, 1.165) is 46.3 Å². The lowest BCUT2D eigenvalue weighted by Gasteiger charge is -2.36. The minimum absolute atomic E-state index is 0.0221. The summed E-state index contributed by atoms with van der Waals surface area (Å²) >= 11 is 2.14. The number of hydrogen-bond acceptors (Lipinski definition) is 14. The van der Waals surface area contributed by atoms with Gasteiger partial charge in [-0.2, -0.15) is 0 Å². The molecule has 0 bridgehead atoms. The Hall–Kier alpha value is -6.51. The fraction of sp³-hybridized carbons (Fsp3) is 0.414. The van der Waals surface area contributed by atoms with Crippen molar-refractivity contribution in [3.05, 3.63) is 139 Å². The summed E-state index contributed by atoms with van der Waals surface area (Å²) in [6, 6.07) is 21.2. The topological polar surface area (TPSA) is 251 Å². The highest BCUT2D eigenvalue weighted by Gasteiger charge is 2.48. The van der Waals surface area contributed by atoms with Gasteiger partial charge in [-0.15, -0.1) is 6.42 Å². The van der Waals surface area contributed by atoms with Crippen molar-refractivity contribution in [2.45, 2.75) is 88.2 Å². The van der Waals surface area contributed by atoms with Crippen LogP contribution in [0.15, 0.2) is 84.9 Å². The SMILES string of the molecule is C#Cc1ccc(C(O)CO)c(F)c1.CNC(=O)[C@@](C)(C(=O)COC1CCCCO1)N(C)C(=O)c1ccc(C#Cc2ccc(C(O)CO)c(F)c2)cc1.CNC(=O)[C@@](C)(C(=O)COC1CCCCO1)N(C)C(=O)c1ccc(I)cc1. The van der Waals surface area contributed by atoms with E-state index in [9.17, 15) is 42.7 Å². The fourth-order valence-electron chi connectivity index (χ4n) is 7.91. The van der Waals surface area contributed by atoms with Gasteiger partial charge in [-0.3, -0.25) is 28.8 Å². The smallest absolute Gasteiger partial charge is 0.254 e. The van der Waals surface area contributed by atoms with Crippen molar-refractivity contribution < 1.29 is 76.9 Å². The van der Waals surface area contributed by atoms with E-state index in [0.29, 0.717) is 48.3 Å². The lowest BCUT2D eigenvalue weighted by atomic mass is 9.92. The van der Waals surface area contributed by atoms with Crippen LogP contribution in [0.2, 0.25) is 0 Å². The number of ether oxygens (including phenoxy) is 4. The summed E-state index contributed by atoms with van der Waals surface area (Å²) in [6.45, 7) is 2.15. The van der Waals surface area contributed by atoms with Gasteiger partial charge in [0.2, 0.25) is 0 Å². The van der Waals surface area contributed by atoms with Crippen molar-refractivity contribution in [2.24, 2.45) is 0 Å². The van der Waals surface area contributed by atoms with Gasteiger partial charge in [-0.05, 0) is 148 Å². The van der Waals surface area contributed by atoms with Crippen LogP contribution in [0.3, 0.4) is 0 Å². The number of aliphatic hydroxyl groups excluding tert-OH is 4. The molecule has 79 heavy (non-hydrogen) atoms. The van der Waals surface area contributed by atoms with Crippen molar-refractivity contribution in [3.8, 4) is 24.2 Å². The van der Waals surface area contributed by atoms with Crippen LogP contribution in [0.25, 0.3) is 0 Å². The molecule has 6 rings (SSSR count). The Morgan fingerprint density at radius 3 is 1.41 bits per heavy atom. The van der Waals surface area contributed by atoms with Gasteiger partial charge in [0, 0.05) is 83.9 Å². The second-order valence-corrected chi connectivity index (χ2v) is 19.7. The summed E-state index contributed by atoms with van der Waals surface area (Å²) in [6.07, 6.45) is 6.72. The Kier molecular flexibility index (Phi) is 25.8. The Morgan fingerprint density at radius 2 is 1.04 bits per heavy atom. The molecule has 424 valence electrons. The predicted molar refractivity (Wildman–Crippen MR) is 295 cm³/mol. The number of carbonyl (C=O) groups excluding carboxylic acids is 6. The van der Waals surface area contributed by atoms with Gasteiger partial charge >= 0.3 is 0 Å². The van der Waals surface area contributed by atoms with E-state index in [1.807, 2.05) is 0 Å². The van der Waals surface area contributed by atoms with Gasteiger partial charge < -0.3 is 59.8 Å². The zero-order valence-electron chi connectivity index (χ0n) is 44.9. The molecule has 0 saturated carbocycles. The first-order chi connectivity index (χ1) is 37.6. The molecule has 6 atom stereocenters. The highest BCUT2D eigenvalue weighted by molar-refractivity contribution is 14.1. The third-order valence-corrected chi connectivity index (χ3v) is 14.0. The average Bonchev–Trinajstić information content (AvgIpc) is 3.55. The number of Topliss-reactive ketones (excluding diaryl/α,β-unsaturated/α-hetero) is 2. The number of aliphatic hydroxyl groups is 4. The number of amides is 4. The quantitative estimate of drug-likeness (QED) is 0.0447. The molecule has 4 amide bonds. The molecule has 0 spiro atoms. The fourth-order valence-corrected chi connectivity index (χ4v) is 8.27.